The van der Waals surface area contributed by atoms with Crippen LogP contribution in [0.1, 0.15) is 48.3 Å². The molecule has 1 aliphatic rings. The van der Waals surface area contributed by atoms with Crippen molar-refractivity contribution in [2.45, 2.75) is 38.5 Å². The lowest BCUT2D eigenvalue weighted by Crippen LogP contribution is -2.31. The SMILES string of the molecule is Cc1ccc2c(oc3c(C#N)cccc32)c1-c1cc(C2CCCC2)cc[n+]1C. The fraction of sp³-hybridized carbons (Fsp3) is 0.280. The number of aromatic nitrogens is 1. The second-order valence-corrected chi connectivity index (χ2v) is 7.97. The molecule has 0 saturated heterocycles. The highest BCUT2D eigenvalue weighted by atomic mass is 16.3. The van der Waals surface area contributed by atoms with Gasteiger partial charge in [0.2, 0.25) is 5.69 Å². The third kappa shape index (κ3) is 2.52. The van der Waals surface area contributed by atoms with Gasteiger partial charge in [0.05, 0.1) is 11.1 Å². The van der Waals surface area contributed by atoms with Crippen LogP contribution in [0.2, 0.25) is 0 Å². The van der Waals surface area contributed by atoms with Crippen LogP contribution in [0.5, 0.6) is 0 Å². The number of nitriles is 1. The molecule has 0 radical (unpaired) electrons. The van der Waals surface area contributed by atoms with Crippen LogP contribution in [0, 0.1) is 18.3 Å². The molecule has 0 aliphatic heterocycles. The lowest BCUT2D eigenvalue weighted by Gasteiger charge is -2.11. The van der Waals surface area contributed by atoms with E-state index in [9.17, 15) is 5.26 Å². The summed E-state index contributed by atoms with van der Waals surface area (Å²) in [5.41, 5.74) is 7.05. The molecule has 138 valence electrons. The van der Waals surface area contributed by atoms with E-state index in [1.807, 2.05) is 18.2 Å². The van der Waals surface area contributed by atoms with Gasteiger partial charge in [0.15, 0.2) is 11.8 Å². The summed E-state index contributed by atoms with van der Waals surface area (Å²) in [6, 6.07) is 16.9. The molecule has 0 N–H and O–H groups in total. The smallest absolute Gasteiger partial charge is 0.216 e. The molecule has 3 nitrogen and oxygen atoms in total. The Morgan fingerprint density at radius 3 is 2.61 bits per heavy atom. The number of hydrogen-bond acceptors (Lipinski definition) is 2. The molecule has 2 aromatic heterocycles. The van der Waals surface area contributed by atoms with Crippen molar-refractivity contribution >= 4 is 21.9 Å². The molecule has 4 aromatic rings. The molecular formula is C25H23N2O+. The van der Waals surface area contributed by atoms with E-state index in [2.05, 4.69) is 55.1 Å². The van der Waals surface area contributed by atoms with Crippen molar-refractivity contribution in [2.75, 3.05) is 0 Å². The first kappa shape index (κ1) is 17.0. The fourth-order valence-electron chi connectivity index (χ4n) is 4.71. The molecule has 0 atom stereocenters. The maximum atomic E-state index is 9.49. The number of hydrogen-bond donors (Lipinski definition) is 0. The summed E-state index contributed by atoms with van der Waals surface area (Å²) in [5.74, 6) is 0.667. The van der Waals surface area contributed by atoms with Gasteiger partial charge in [-0.2, -0.15) is 5.26 Å². The van der Waals surface area contributed by atoms with Crippen LogP contribution in [-0.2, 0) is 7.05 Å². The fourth-order valence-corrected chi connectivity index (χ4v) is 4.71. The predicted molar refractivity (Wildman–Crippen MR) is 111 cm³/mol. The highest BCUT2D eigenvalue weighted by Crippen LogP contribution is 2.39. The van der Waals surface area contributed by atoms with Crippen molar-refractivity contribution in [3.63, 3.8) is 0 Å². The molecule has 2 aromatic carbocycles. The molecule has 1 fully saturated rings. The molecule has 0 spiro atoms. The van der Waals surface area contributed by atoms with Gasteiger partial charge in [0, 0.05) is 22.9 Å². The largest absolute Gasteiger partial charge is 0.454 e. The molecule has 2 heterocycles. The van der Waals surface area contributed by atoms with Crippen molar-refractivity contribution in [1.82, 2.24) is 0 Å². The first-order valence-corrected chi connectivity index (χ1v) is 10.0. The Morgan fingerprint density at radius 1 is 1.04 bits per heavy atom. The van der Waals surface area contributed by atoms with Gasteiger partial charge in [-0.15, -0.1) is 0 Å². The number of fused-ring (bicyclic) bond motifs is 3. The Balaban J connectivity index is 1.80. The Bertz CT molecular complexity index is 1250. The highest BCUT2D eigenvalue weighted by molar-refractivity contribution is 6.10. The minimum absolute atomic E-state index is 0.585. The van der Waals surface area contributed by atoms with Crippen LogP contribution in [0.3, 0.4) is 0 Å². The van der Waals surface area contributed by atoms with Gasteiger partial charge < -0.3 is 4.42 Å². The molecule has 0 amide bonds. The maximum Gasteiger partial charge on any atom is 0.216 e. The van der Waals surface area contributed by atoms with E-state index in [1.54, 1.807) is 0 Å². The summed E-state index contributed by atoms with van der Waals surface area (Å²) < 4.78 is 8.50. The molecule has 1 aliphatic carbocycles. The highest BCUT2D eigenvalue weighted by Gasteiger charge is 2.24. The zero-order chi connectivity index (χ0) is 19.3. The van der Waals surface area contributed by atoms with Crippen molar-refractivity contribution in [1.29, 1.82) is 5.26 Å². The summed E-state index contributed by atoms with van der Waals surface area (Å²) in [6.07, 6.45) is 7.40. The summed E-state index contributed by atoms with van der Waals surface area (Å²) >= 11 is 0. The Kier molecular flexibility index (Phi) is 3.94. The minimum Gasteiger partial charge on any atom is -0.454 e. The van der Waals surface area contributed by atoms with E-state index in [0.717, 1.165) is 21.9 Å². The maximum absolute atomic E-state index is 9.49. The number of furan rings is 1. The number of aryl methyl sites for hydroxylation is 2. The Hall–Kier alpha value is -3.12. The van der Waals surface area contributed by atoms with Crippen molar-refractivity contribution in [2.24, 2.45) is 7.05 Å². The van der Waals surface area contributed by atoms with Gasteiger partial charge in [-0.05, 0) is 42.9 Å². The lowest BCUT2D eigenvalue weighted by molar-refractivity contribution is -0.660. The molecule has 1 saturated carbocycles. The average Bonchev–Trinajstić information content (AvgIpc) is 3.36. The van der Waals surface area contributed by atoms with E-state index < -0.39 is 0 Å². The Labute approximate surface area is 164 Å². The Morgan fingerprint density at radius 2 is 1.82 bits per heavy atom. The summed E-state index contributed by atoms with van der Waals surface area (Å²) in [6.45, 7) is 2.13. The van der Waals surface area contributed by atoms with Gasteiger partial charge in [0.1, 0.15) is 18.7 Å². The number of rotatable bonds is 2. The van der Waals surface area contributed by atoms with E-state index in [1.165, 1.54) is 42.5 Å². The minimum atomic E-state index is 0.585. The third-order valence-corrected chi connectivity index (χ3v) is 6.25. The average molecular weight is 367 g/mol. The van der Waals surface area contributed by atoms with Crippen LogP contribution in [-0.4, -0.2) is 0 Å². The normalized spacial score (nSPS) is 14.8. The number of nitrogens with zero attached hydrogens (tertiary/aromatic N) is 2. The van der Waals surface area contributed by atoms with Gasteiger partial charge >= 0.3 is 0 Å². The topological polar surface area (TPSA) is 40.8 Å². The van der Waals surface area contributed by atoms with E-state index in [4.69, 9.17) is 4.42 Å². The van der Waals surface area contributed by atoms with Gasteiger partial charge in [-0.25, -0.2) is 4.57 Å². The molecular weight excluding hydrogens is 344 g/mol. The van der Waals surface area contributed by atoms with Crippen LogP contribution in [0.4, 0.5) is 0 Å². The van der Waals surface area contributed by atoms with Crippen LogP contribution in [0.15, 0.2) is 53.1 Å². The summed E-state index contributed by atoms with van der Waals surface area (Å²) in [7, 11) is 2.09. The summed E-state index contributed by atoms with van der Waals surface area (Å²) in [5, 5.41) is 11.6. The summed E-state index contributed by atoms with van der Waals surface area (Å²) in [4.78, 5) is 0. The predicted octanol–water partition coefficient (Wildman–Crippen LogP) is 5.92. The molecule has 0 bridgehead atoms. The number of pyridine rings is 1. The molecule has 0 unspecified atom stereocenters. The monoisotopic (exact) mass is 367 g/mol. The quantitative estimate of drug-likeness (QED) is 0.413. The number of benzene rings is 2. The van der Waals surface area contributed by atoms with Crippen LogP contribution >= 0.6 is 0 Å². The molecule has 28 heavy (non-hydrogen) atoms. The van der Waals surface area contributed by atoms with E-state index in [-0.39, 0.29) is 0 Å². The first-order chi connectivity index (χ1) is 13.7. The lowest BCUT2D eigenvalue weighted by atomic mass is 9.94. The van der Waals surface area contributed by atoms with E-state index in [0.29, 0.717) is 17.1 Å². The second kappa shape index (κ2) is 6.49. The third-order valence-electron chi connectivity index (χ3n) is 6.25. The zero-order valence-corrected chi connectivity index (χ0v) is 16.3. The van der Waals surface area contributed by atoms with Gasteiger partial charge in [-0.3, -0.25) is 0 Å². The van der Waals surface area contributed by atoms with Crippen molar-refractivity contribution < 1.29 is 8.98 Å². The number of para-hydroxylation sites is 1. The van der Waals surface area contributed by atoms with Crippen molar-refractivity contribution in [3.05, 3.63) is 65.4 Å². The molecule has 3 heteroatoms. The standard InChI is InChI=1S/C25H23N2O/c1-16-10-11-21-20-9-5-8-19(15-26)24(20)28-25(21)23(16)22-14-18(12-13-27(22)2)17-6-3-4-7-17/h5,8-14,17H,3-4,6-7H2,1-2H3/q+1. The molecule has 5 rings (SSSR count). The van der Waals surface area contributed by atoms with Crippen LogP contribution in [0.25, 0.3) is 33.2 Å². The van der Waals surface area contributed by atoms with Gasteiger partial charge in [-0.1, -0.05) is 37.1 Å². The van der Waals surface area contributed by atoms with Crippen molar-refractivity contribution in [3.8, 4) is 17.3 Å². The zero-order valence-electron chi connectivity index (χ0n) is 16.3. The van der Waals surface area contributed by atoms with Gasteiger partial charge in [0.25, 0.3) is 0 Å². The van der Waals surface area contributed by atoms with Crippen LogP contribution < -0.4 is 4.57 Å². The first-order valence-electron chi connectivity index (χ1n) is 10.0. The van der Waals surface area contributed by atoms with E-state index >= 15 is 0 Å². The second-order valence-electron chi connectivity index (χ2n) is 7.97.